The molecule has 17 heavy (non-hydrogen) atoms. The van der Waals surface area contributed by atoms with E-state index in [1.54, 1.807) is 11.8 Å². The van der Waals surface area contributed by atoms with Crippen molar-refractivity contribution in [3.63, 3.8) is 0 Å². The largest absolute Gasteiger partial charge is 0.381 e. The fourth-order valence-electron chi connectivity index (χ4n) is 1.98. The molecule has 1 heterocycles. The van der Waals surface area contributed by atoms with Gasteiger partial charge in [0.2, 0.25) is 0 Å². The van der Waals surface area contributed by atoms with Crippen LogP contribution in [0.25, 0.3) is 0 Å². The number of aryl methyl sites for hydroxylation is 1. The van der Waals surface area contributed by atoms with Crippen LogP contribution in [0.15, 0.2) is 29.2 Å². The van der Waals surface area contributed by atoms with E-state index < -0.39 is 0 Å². The molecule has 1 aliphatic rings. The van der Waals surface area contributed by atoms with Crippen LogP contribution in [0.1, 0.15) is 18.4 Å². The summed E-state index contributed by atoms with van der Waals surface area (Å²) < 4.78 is 5.35. The molecule has 0 spiro atoms. The highest BCUT2D eigenvalue weighted by atomic mass is 32.2. The summed E-state index contributed by atoms with van der Waals surface area (Å²) in [6.07, 6.45) is 2.01. The van der Waals surface area contributed by atoms with Crippen LogP contribution >= 0.6 is 11.8 Å². The molecule has 0 saturated carbocycles. The number of rotatable bonds is 4. The van der Waals surface area contributed by atoms with Crippen molar-refractivity contribution in [2.24, 2.45) is 5.92 Å². The molecule has 1 atom stereocenters. The summed E-state index contributed by atoms with van der Waals surface area (Å²) in [5.74, 6) is 1.03. The highest BCUT2D eigenvalue weighted by Crippen LogP contribution is 2.24. The number of carbonyl (C=O) groups is 1. The van der Waals surface area contributed by atoms with Crippen molar-refractivity contribution in [1.29, 1.82) is 0 Å². The van der Waals surface area contributed by atoms with E-state index in [1.165, 1.54) is 10.5 Å². The lowest BCUT2D eigenvalue weighted by molar-refractivity contribution is -0.124. The number of Topliss-reactive ketones (excluding diaryl/α,β-unsaturated/α-hetero) is 1. The lowest BCUT2D eigenvalue weighted by Gasteiger charge is -2.20. The van der Waals surface area contributed by atoms with Crippen LogP contribution in [-0.2, 0) is 9.53 Å². The second kappa shape index (κ2) is 6.22. The molecular weight excluding hydrogens is 232 g/mol. The number of hydrogen-bond acceptors (Lipinski definition) is 3. The Labute approximate surface area is 107 Å². The Morgan fingerprint density at radius 2 is 2.29 bits per heavy atom. The lowest BCUT2D eigenvalue weighted by atomic mass is 9.99. The molecule has 2 rings (SSSR count). The third kappa shape index (κ3) is 3.58. The van der Waals surface area contributed by atoms with Crippen molar-refractivity contribution in [3.8, 4) is 0 Å². The van der Waals surface area contributed by atoms with Gasteiger partial charge in [-0.25, -0.2) is 0 Å². The summed E-state index contributed by atoms with van der Waals surface area (Å²) in [6.45, 7) is 3.51. The highest BCUT2D eigenvalue weighted by molar-refractivity contribution is 8.00. The van der Waals surface area contributed by atoms with Gasteiger partial charge in [0.05, 0.1) is 12.4 Å². The predicted molar refractivity (Wildman–Crippen MR) is 70.5 cm³/mol. The van der Waals surface area contributed by atoms with E-state index in [9.17, 15) is 4.79 Å². The Hall–Kier alpha value is -0.800. The molecule has 0 aromatic heterocycles. The Balaban J connectivity index is 1.85. The van der Waals surface area contributed by atoms with Crippen LogP contribution in [0.2, 0.25) is 0 Å². The maximum absolute atomic E-state index is 12.0. The molecule has 2 nitrogen and oxygen atoms in total. The minimum atomic E-state index is 0.125. The summed E-state index contributed by atoms with van der Waals surface area (Å²) in [4.78, 5) is 13.2. The zero-order valence-electron chi connectivity index (χ0n) is 10.1. The van der Waals surface area contributed by atoms with Gasteiger partial charge in [-0.3, -0.25) is 4.79 Å². The van der Waals surface area contributed by atoms with Gasteiger partial charge in [0.1, 0.15) is 5.78 Å². The van der Waals surface area contributed by atoms with E-state index >= 15 is 0 Å². The van der Waals surface area contributed by atoms with Gasteiger partial charge in [0.15, 0.2) is 0 Å². The van der Waals surface area contributed by atoms with Gasteiger partial charge in [-0.2, -0.15) is 0 Å². The van der Waals surface area contributed by atoms with Gasteiger partial charge in [-0.1, -0.05) is 18.2 Å². The molecule has 0 aliphatic carbocycles. The normalized spacial score (nSPS) is 20.2. The summed E-state index contributed by atoms with van der Waals surface area (Å²) in [7, 11) is 0. The van der Waals surface area contributed by atoms with Crippen LogP contribution in [0.3, 0.4) is 0 Å². The molecule has 0 radical (unpaired) electrons. The highest BCUT2D eigenvalue weighted by Gasteiger charge is 2.21. The second-order valence-electron chi connectivity index (χ2n) is 4.43. The maximum Gasteiger partial charge on any atom is 0.148 e. The smallest absolute Gasteiger partial charge is 0.148 e. The first-order valence-electron chi connectivity index (χ1n) is 6.06. The number of ether oxygens (including phenoxy) is 1. The number of thioether (sulfide) groups is 1. The molecule has 0 N–H and O–H groups in total. The van der Waals surface area contributed by atoms with Gasteiger partial charge >= 0.3 is 0 Å². The lowest BCUT2D eigenvalue weighted by Crippen LogP contribution is -2.26. The topological polar surface area (TPSA) is 26.3 Å². The van der Waals surface area contributed by atoms with Crippen LogP contribution in [0, 0.1) is 12.8 Å². The average molecular weight is 250 g/mol. The van der Waals surface area contributed by atoms with Crippen LogP contribution in [-0.4, -0.2) is 24.7 Å². The standard InChI is InChI=1S/C14H18O2S/c1-11-5-2-3-7-14(11)17-10-13(15)12-6-4-8-16-9-12/h2-3,5,7,12H,4,6,8-10H2,1H3. The first-order valence-corrected chi connectivity index (χ1v) is 7.05. The quantitative estimate of drug-likeness (QED) is 0.768. The first-order chi connectivity index (χ1) is 8.27. The first kappa shape index (κ1) is 12.7. The minimum Gasteiger partial charge on any atom is -0.381 e. The molecule has 1 unspecified atom stereocenters. The van der Waals surface area contributed by atoms with E-state index in [0.29, 0.717) is 18.1 Å². The molecule has 1 aromatic carbocycles. The van der Waals surface area contributed by atoms with Gasteiger partial charge in [0.25, 0.3) is 0 Å². The van der Waals surface area contributed by atoms with Crippen molar-refractivity contribution in [3.05, 3.63) is 29.8 Å². The fraction of sp³-hybridized carbons (Fsp3) is 0.500. The van der Waals surface area contributed by atoms with Crippen molar-refractivity contribution >= 4 is 17.5 Å². The van der Waals surface area contributed by atoms with E-state index in [4.69, 9.17) is 4.74 Å². The molecule has 0 amide bonds. The SMILES string of the molecule is Cc1ccccc1SCC(=O)C1CCCOC1. The predicted octanol–water partition coefficient (Wildman–Crippen LogP) is 3.08. The van der Waals surface area contributed by atoms with Crippen LogP contribution < -0.4 is 0 Å². The Bertz CT molecular complexity index is 384. The number of carbonyl (C=O) groups excluding carboxylic acids is 1. The molecular formula is C14H18O2S. The zero-order chi connectivity index (χ0) is 12.1. The van der Waals surface area contributed by atoms with Crippen molar-refractivity contribution in [1.82, 2.24) is 0 Å². The molecule has 1 aliphatic heterocycles. The van der Waals surface area contributed by atoms with Gasteiger partial charge in [-0.15, -0.1) is 11.8 Å². The molecule has 92 valence electrons. The average Bonchev–Trinajstić information content (AvgIpc) is 2.38. The molecule has 3 heteroatoms. The van der Waals surface area contributed by atoms with Crippen LogP contribution in [0.4, 0.5) is 0 Å². The summed E-state index contributed by atoms with van der Waals surface area (Å²) in [5, 5.41) is 0. The molecule has 1 fully saturated rings. The van der Waals surface area contributed by atoms with Crippen LogP contribution in [0.5, 0.6) is 0 Å². The van der Waals surface area contributed by atoms with Crippen molar-refractivity contribution in [2.45, 2.75) is 24.7 Å². The van der Waals surface area contributed by atoms with Gasteiger partial charge < -0.3 is 4.74 Å². The number of hydrogen-bond donors (Lipinski definition) is 0. The third-order valence-electron chi connectivity index (χ3n) is 3.08. The monoisotopic (exact) mass is 250 g/mol. The maximum atomic E-state index is 12.0. The fourth-order valence-corrected chi connectivity index (χ4v) is 2.98. The molecule has 1 aromatic rings. The zero-order valence-corrected chi connectivity index (χ0v) is 11.0. The summed E-state index contributed by atoms with van der Waals surface area (Å²) in [6, 6.07) is 8.20. The summed E-state index contributed by atoms with van der Waals surface area (Å²) in [5.41, 5.74) is 1.24. The molecule has 0 bridgehead atoms. The van der Waals surface area contributed by atoms with E-state index in [2.05, 4.69) is 19.1 Å². The van der Waals surface area contributed by atoms with E-state index in [-0.39, 0.29) is 5.92 Å². The Morgan fingerprint density at radius 3 is 3.00 bits per heavy atom. The second-order valence-corrected chi connectivity index (χ2v) is 5.45. The third-order valence-corrected chi connectivity index (χ3v) is 4.28. The summed E-state index contributed by atoms with van der Waals surface area (Å²) >= 11 is 1.64. The number of benzene rings is 1. The minimum absolute atomic E-state index is 0.125. The van der Waals surface area contributed by atoms with E-state index in [0.717, 1.165) is 19.4 Å². The van der Waals surface area contributed by atoms with Gasteiger partial charge in [0, 0.05) is 17.4 Å². The Morgan fingerprint density at radius 1 is 1.47 bits per heavy atom. The van der Waals surface area contributed by atoms with Gasteiger partial charge in [-0.05, 0) is 31.4 Å². The van der Waals surface area contributed by atoms with Crippen molar-refractivity contribution < 1.29 is 9.53 Å². The van der Waals surface area contributed by atoms with E-state index in [1.807, 2.05) is 12.1 Å². The van der Waals surface area contributed by atoms with Crippen molar-refractivity contribution in [2.75, 3.05) is 19.0 Å². The number of ketones is 1. The Kier molecular flexibility index (Phi) is 4.63. The molecule has 1 saturated heterocycles.